The standard InChI is InChI=1S/C16H18O8/c1-14(22)5-15-10(18)7-3-6(23-2)4-8(17)9(7)11(19)16(15,24-15)13(21)12(14)20/h3-4,10,12-13,17-18,20-22H,5H2,1-2H3. The first-order chi connectivity index (χ1) is 11.1. The summed E-state index contributed by atoms with van der Waals surface area (Å²) < 4.78 is 10.6. The Balaban J connectivity index is 1.94. The molecule has 1 aromatic carbocycles. The second-order valence-corrected chi connectivity index (χ2v) is 6.99. The topological polar surface area (TPSA) is 140 Å². The molecule has 130 valence electrons. The zero-order valence-corrected chi connectivity index (χ0v) is 13.1. The van der Waals surface area contributed by atoms with Crippen LogP contribution in [0.15, 0.2) is 12.1 Å². The molecule has 24 heavy (non-hydrogen) atoms. The second-order valence-electron chi connectivity index (χ2n) is 6.99. The number of methoxy groups -OCH3 is 1. The average Bonchev–Trinajstić information content (AvgIpc) is 3.21. The minimum absolute atomic E-state index is 0.101. The van der Waals surface area contributed by atoms with Gasteiger partial charge in [-0.25, -0.2) is 0 Å². The van der Waals surface area contributed by atoms with Gasteiger partial charge in [-0.1, -0.05) is 0 Å². The number of phenols is 1. The van der Waals surface area contributed by atoms with Crippen LogP contribution in [0.4, 0.5) is 0 Å². The van der Waals surface area contributed by atoms with Crippen LogP contribution in [0.25, 0.3) is 0 Å². The number of phenolic OH excluding ortho intramolecular Hbond substituents is 1. The smallest absolute Gasteiger partial charge is 0.204 e. The molecular weight excluding hydrogens is 320 g/mol. The van der Waals surface area contributed by atoms with Crippen LogP contribution < -0.4 is 4.74 Å². The molecule has 6 unspecified atom stereocenters. The lowest BCUT2D eigenvalue weighted by molar-refractivity contribution is -0.157. The zero-order chi connectivity index (χ0) is 17.7. The molecule has 1 heterocycles. The molecule has 1 saturated carbocycles. The molecule has 8 heteroatoms. The lowest BCUT2D eigenvalue weighted by Crippen LogP contribution is -2.66. The van der Waals surface area contributed by atoms with Gasteiger partial charge in [-0.2, -0.15) is 0 Å². The van der Waals surface area contributed by atoms with E-state index in [9.17, 15) is 30.3 Å². The molecule has 2 fully saturated rings. The van der Waals surface area contributed by atoms with Crippen molar-refractivity contribution in [3.05, 3.63) is 23.3 Å². The van der Waals surface area contributed by atoms with Crippen LogP contribution in [0.1, 0.15) is 35.4 Å². The Labute approximate surface area is 136 Å². The molecule has 0 amide bonds. The molecule has 4 rings (SSSR count). The zero-order valence-electron chi connectivity index (χ0n) is 13.1. The fourth-order valence-corrected chi connectivity index (χ4v) is 4.31. The van der Waals surface area contributed by atoms with E-state index in [0.717, 1.165) is 0 Å². The summed E-state index contributed by atoms with van der Waals surface area (Å²) in [6, 6.07) is 2.63. The SMILES string of the molecule is COc1cc(O)c2c(c1)C(O)C13CC(C)(O)C(O)C(O)C1(O3)C2=O. The summed E-state index contributed by atoms with van der Waals surface area (Å²) >= 11 is 0. The number of ketones is 1. The fraction of sp³-hybridized carbons (Fsp3) is 0.562. The first-order valence-electron chi connectivity index (χ1n) is 7.55. The van der Waals surface area contributed by atoms with Crippen molar-refractivity contribution in [2.24, 2.45) is 0 Å². The Kier molecular flexibility index (Phi) is 2.81. The first-order valence-corrected chi connectivity index (χ1v) is 7.55. The third kappa shape index (κ3) is 1.49. The van der Waals surface area contributed by atoms with Crippen LogP contribution in [0, 0.1) is 0 Å². The van der Waals surface area contributed by atoms with Gasteiger partial charge in [0, 0.05) is 18.1 Å². The molecule has 0 spiro atoms. The molecule has 1 aliphatic heterocycles. The van der Waals surface area contributed by atoms with Gasteiger partial charge in [0.1, 0.15) is 35.4 Å². The number of carbonyl (C=O) groups excluding carboxylic acids is 1. The van der Waals surface area contributed by atoms with Gasteiger partial charge in [-0.15, -0.1) is 0 Å². The van der Waals surface area contributed by atoms with Gasteiger partial charge >= 0.3 is 0 Å². The molecule has 0 aromatic heterocycles. The van der Waals surface area contributed by atoms with E-state index in [0.29, 0.717) is 0 Å². The number of carbonyl (C=O) groups is 1. The van der Waals surface area contributed by atoms with Gasteiger partial charge in [0.25, 0.3) is 0 Å². The van der Waals surface area contributed by atoms with Crippen molar-refractivity contribution in [3.63, 3.8) is 0 Å². The number of benzene rings is 1. The van der Waals surface area contributed by atoms with Crippen molar-refractivity contribution in [1.82, 2.24) is 0 Å². The lowest BCUT2D eigenvalue weighted by Gasteiger charge is -2.45. The normalized spacial score (nSPS) is 45.9. The fourth-order valence-electron chi connectivity index (χ4n) is 4.31. The Morgan fingerprint density at radius 1 is 1.25 bits per heavy atom. The third-order valence-electron chi connectivity index (χ3n) is 5.56. The van der Waals surface area contributed by atoms with E-state index in [1.807, 2.05) is 0 Å². The maximum Gasteiger partial charge on any atom is 0.204 e. The van der Waals surface area contributed by atoms with Crippen molar-refractivity contribution in [1.29, 1.82) is 0 Å². The van der Waals surface area contributed by atoms with Crippen molar-refractivity contribution in [3.8, 4) is 11.5 Å². The van der Waals surface area contributed by atoms with Gasteiger partial charge in [0.2, 0.25) is 5.78 Å². The molecule has 1 saturated heterocycles. The van der Waals surface area contributed by atoms with Crippen LogP contribution in [0.2, 0.25) is 0 Å². The van der Waals surface area contributed by atoms with E-state index in [1.54, 1.807) is 0 Å². The molecule has 2 aliphatic carbocycles. The van der Waals surface area contributed by atoms with Crippen LogP contribution >= 0.6 is 0 Å². The van der Waals surface area contributed by atoms with E-state index in [4.69, 9.17) is 9.47 Å². The number of aliphatic hydroxyl groups is 4. The summed E-state index contributed by atoms with van der Waals surface area (Å²) in [6.07, 6.45) is -5.01. The van der Waals surface area contributed by atoms with Gasteiger partial charge in [-0.3, -0.25) is 4.79 Å². The number of aromatic hydroxyl groups is 1. The highest BCUT2D eigenvalue weighted by Crippen LogP contribution is 2.69. The van der Waals surface area contributed by atoms with Gasteiger partial charge < -0.3 is 35.0 Å². The van der Waals surface area contributed by atoms with Gasteiger partial charge in [0.05, 0.1) is 18.3 Å². The number of ether oxygens (including phenoxy) is 2. The Hall–Kier alpha value is -1.71. The molecule has 8 nitrogen and oxygen atoms in total. The maximum absolute atomic E-state index is 13.0. The number of Topliss-reactive ketones (excluding diaryl/α,β-unsaturated/α-hetero) is 1. The molecule has 3 aliphatic rings. The van der Waals surface area contributed by atoms with Crippen LogP contribution in [0.5, 0.6) is 11.5 Å². The van der Waals surface area contributed by atoms with Crippen molar-refractivity contribution in [2.75, 3.05) is 7.11 Å². The van der Waals surface area contributed by atoms with Crippen LogP contribution in [0.3, 0.4) is 0 Å². The predicted octanol–water partition coefficient (Wildman–Crippen LogP) is -0.985. The summed E-state index contributed by atoms with van der Waals surface area (Å²) in [6.45, 7) is 1.30. The predicted molar refractivity (Wildman–Crippen MR) is 77.8 cm³/mol. The number of fused-ring (bicyclic) bond motifs is 1. The number of aliphatic hydroxyl groups excluding tert-OH is 3. The highest BCUT2D eigenvalue weighted by atomic mass is 16.7. The van der Waals surface area contributed by atoms with Crippen LogP contribution in [-0.2, 0) is 4.74 Å². The van der Waals surface area contributed by atoms with Crippen molar-refractivity contribution < 1.29 is 39.8 Å². The molecular formula is C16H18O8. The maximum atomic E-state index is 13.0. The molecule has 5 N–H and O–H groups in total. The van der Waals surface area contributed by atoms with Gasteiger partial charge in [-0.05, 0) is 13.0 Å². The summed E-state index contributed by atoms with van der Waals surface area (Å²) in [5.74, 6) is -0.901. The molecule has 1 aromatic rings. The van der Waals surface area contributed by atoms with E-state index >= 15 is 0 Å². The van der Waals surface area contributed by atoms with Crippen LogP contribution in [-0.4, -0.2) is 67.4 Å². The second kappa shape index (κ2) is 4.27. The number of epoxide rings is 1. The Morgan fingerprint density at radius 2 is 1.92 bits per heavy atom. The minimum atomic E-state index is -1.88. The number of hydrogen-bond donors (Lipinski definition) is 5. The summed E-state index contributed by atoms with van der Waals surface area (Å²) in [7, 11) is 1.37. The highest BCUT2D eigenvalue weighted by molar-refractivity contribution is 6.11. The van der Waals surface area contributed by atoms with E-state index in [-0.39, 0.29) is 23.3 Å². The minimum Gasteiger partial charge on any atom is -0.507 e. The Morgan fingerprint density at radius 3 is 2.54 bits per heavy atom. The number of hydrogen-bond acceptors (Lipinski definition) is 8. The first kappa shape index (κ1) is 15.8. The van der Waals surface area contributed by atoms with E-state index in [2.05, 4.69) is 0 Å². The van der Waals surface area contributed by atoms with Crippen molar-refractivity contribution >= 4 is 5.78 Å². The average molecular weight is 338 g/mol. The lowest BCUT2D eigenvalue weighted by atomic mass is 9.60. The quantitative estimate of drug-likeness (QED) is 0.411. The van der Waals surface area contributed by atoms with Crippen molar-refractivity contribution in [2.45, 2.75) is 48.5 Å². The molecule has 0 bridgehead atoms. The van der Waals surface area contributed by atoms with E-state index < -0.39 is 46.6 Å². The highest BCUT2D eigenvalue weighted by Gasteiger charge is 2.87. The third-order valence-corrected chi connectivity index (χ3v) is 5.56. The molecule has 6 atom stereocenters. The van der Waals surface area contributed by atoms with Gasteiger partial charge in [0.15, 0.2) is 5.60 Å². The largest absolute Gasteiger partial charge is 0.507 e. The Bertz CT molecular complexity index is 759. The monoisotopic (exact) mass is 338 g/mol. The number of rotatable bonds is 1. The summed E-state index contributed by atoms with van der Waals surface area (Å²) in [5.41, 5.74) is -5.27. The summed E-state index contributed by atoms with van der Waals surface area (Å²) in [5, 5.41) is 51.9. The van der Waals surface area contributed by atoms with E-state index in [1.165, 1.54) is 26.2 Å². The summed E-state index contributed by atoms with van der Waals surface area (Å²) in [4.78, 5) is 13.0. The molecule has 0 radical (unpaired) electrons.